The Balaban J connectivity index is 2.20. The molecular weight excluding hydrogens is 324 g/mol. The van der Waals surface area contributed by atoms with Gasteiger partial charge < -0.3 is 15.1 Å². The zero-order valence-corrected chi connectivity index (χ0v) is 13.4. The molecule has 0 bridgehead atoms. The van der Waals surface area contributed by atoms with Crippen LogP contribution in [0.4, 0.5) is 17.1 Å². The number of halogens is 1. The van der Waals surface area contributed by atoms with E-state index < -0.39 is 10.8 Å². The van der Waals surface area contributed by atoms with E-state index in [0.717, 1.165) is 5.69 Å². The fraction of sp³-hybridized carbons (Fsp3) is 0.429. The molecule has 1 heterocycles. The summed E-state index contributed by atoms with van der Waals surface area (Å²) in [6.07, 6.45) is 0. The SMILES string of the molecule is CC(=O)N1CCN(c2ccc([N+](=O)[O-])c(NC(=O)CCl)c2)CC1. The van der Waals surface area contributed by atoms with Crippen molar-refractivity contribution in [3.05, 3.63) is 28.3 Å². The van der Waals surface area contributed by atoms with Gasteiger partial charge in [-0.25, -0.2) is 0 Å². The number of hydrogen-bond acceptors (Lipinski definition) is 5. The van der Waals surface area contributed by atoms with E-state index in [2.05, 4.69) is 5.32 Å². The standard InChI is InChI=1S/C14H17ClN4O4/c1-10(20)17-4-6-18(7-5-17)11-2-3-13(19(22)23)12(8-11)16-14(21)9-15/h2-3,8H,4-7,9H2,1H3,(H,16,21). The molecule has 0 atom stereocenters. The van der Waals surface area contributed by atoms with Crippen molar-refractivity contribution in [3.8, 4) is 0 Å². The van der Waals surface area contributed by atoms with Crippen LogP contribution in [-0.2, 0) is 9.59 Å². The Hall–Kier alpha value is -2.35. The van der Waals surface area contributed by atoms with Gasteiger partial charge in [-0.05, 0) is 12.1 Å². The van der Waals surface area contributed by atoms with Crippen LogP contribution in [0.5, 0.6) is 0 Å². The summed E-state index contributed by atoms with van der Waals surface area (Å²) < 4.78 is 0. The average Bonchev–Trinajstić information content (AvgIpc) is 2.54. The quantitative estimate of drug-likeness (QED) is 0.508. The summed E-state index contributed by atoms with van der Waals surface area (Å²) in [6, 6.07) is 4.56. The summed E-state index contributed by atoms with van der Waals surface area (Å²) in [6.45, 7) is 3.97. The number of hydrogen-bond donors (Lipinski definition) is 1. The maximum Gasteiger partial charge on any atom is 0.292 e. The van der Waals surface area contributed by atoms with Gasteiger partial charge in [-0.3, -0.25) is 19.7 Å². The van der Waals surface area contributed by atoms with Gasteiger partial charge in [0.2, 0.25) is 11.8 Å². The highest BCUT2D eigenvalue weighted by molar-refractivity contribution is 6.29. The van der Waals surface area contributed by atoms with Crippen LogP contribution in [0.1, 0.15) is 6.92 Å². The molecule has 1 aromatic rings. The molecule has 1 aliphatic rings. The first kappa shape index (κ1) is 17.0. The fourth-order valence-corrected chi connectivity index (χ4v) is 2.51. The Labute approximate surface area is 138 Å². The minimum atomic E-state index is -0.554. The van der Waals surface area contributed by atoms with Crippen LogP contribution in [0.3, 0.4) is 0 Å². The molecule has 1 N–H and O–H groups in total. The van der Waals surface area contributed by atoms with Crippen LogP contribution < -0.4 is 10.2 Å². The summed E-state index contributed by atoms with van der Waals surface area (Å²) in [5, 5.41) is 13.5. The van der Waals surface area contributed by atoms with Gasteiger partial charge in [-0.2, -0.15) is 0 Å². The Bertz CT molecular complexity index is 629. The molecule has 9 heteroatoms. The van der Waals surface area contributed by atoms with Gasteiger partial charge in [-0.1, -0.05) is 0 Å². The minimum absolute atomic E-state index is 0.0309. The lowest BCUT2D eigenvalue weighted by molar-refractivity contribution is -0.383. The highest BCUT2D eigenvalue weighted by atomic mass is 35.5. The zero-order valence-electron chi connectivity index (χ0n) is 12.6. The summed E-state index contributed by atoms with van der Waals surface area (Å²) >= 11 is 5.44. The molecule has 0 unspecified atom stereocenters. The maximum absolute atomic E-state index is 11.4. The first-order chi connectivity index (χ1) is 10.9. The van der Waals surface area contributed by atoms with Gasteiger partial charge >= 0.3 is 0 Å². The number of carbonyl (C=O) groups excluding carboxylic acids is 2. The molecular formula is C14H17ClN4O4. The van der Waals surface area contributed by atoms with Crippen molar-refractivity contribution in [3.63, 3.8) is 0 Å². The van der Waals surface area contributed by atoms with Crippen LogP contribution in [0, 0.1) is 10.1 Å². The molecule has 0 radical (unpaired) electrons. The number of nitrogens with one attached hydrogen (secondary N) is 1. The van der Waals surface area contributed by atoms with Crippen LogP contribution in [-0.4, -0.2) is 53.7 Å². The molecule has 2 amide bonds. The molecule has 0 aromatic heterocycles. The number of piperazine rings is 1. The second-order valence-electron chi connectivity index (χ2n) is 5.13. The highest BCUT2D eigenvalue weighted by Crippen LogP contribution is 2.30. The van der Waals surface area contributed by atoms with E-state index in [-0.39, 0.29) is 23.2 Å². The van der Waals surface area contributed by atoms with E-state index in [4.69, 9.17) is 11.6 Å². The van der Waals surface area contributed by atoms with Crippen molar-refractivity contribution in [1.82, 2.24) is 4.90 Å². The van der Waals surface area contributed by atoms with Crippen molar-refractivity contribution >= 4 is 40.5 Å². The number of anilines is 2. The summed E-state index contributed by atoms with van der Waals surface area (Å²) in [5.41, 5.74) is 0.686. The maximum atomic E-state index is 11.4. The molecule has 1 aromatic carbocycles. The van der Waals surface area contributed by atoms with Crippen molar-refractivity contribution in [2.45, 2.75) is 6.92 Å². The lowest BCUT2D eigenvalue weighted by Gasteiger charge is -2.35. The van der Waals surface area contributed by atoms with E-state index in [9.17, 15) is 19.7 Å². The molecule has 0 aliphatic carbocycles. The number of benzene rings is 1. The molecule has 0 spiro atoms. The van der Waals surface area contributed by atoms with Crippen molar-refractivity contribution in [1.29, 1.82) is 0 Å². The van der Waals surface area contributed by atoms with E-state index in [0.29, 0.717) is 26.2 Å². The number of nitro groups is 1. The largest absolute Gasteiger partial charge is 0.368 e. The van der Waals surface area contributed by atoms with Crippen LogP contribution in [0.2, 0.25) is 0 Å². The first-order valence-electron chi connectivity index (χ1n) is 7.07. The Morgan fingerprint density at radius 2 is 1.96 bits per heavy atom. The van der Waals surface area contributed by atoms with Crippen LogP contribution in [0.25, 0.3) is 0 Å². The zero-order chi connectivity index (χ0) is 17.0. The molecule has 23 heavy (non-hydrogen) atoms. The van der Waals surface area contributed by atoms with E-state index in [1.165, 1.54) is 13.0 Å². The second-order valence-corrected chi connectivity index (χ2v) is 5.40. The Kier molecular flexibility index (Phi) is 5.38. The Morgan fingerprint density at radius 1 is 1.30 bits per heavy atom. The first-order valence-corrected chi connectivity index (χ1v) is 7.60. The lowest BCUT2D eigenvalue weighted by atomic mass is 10.2. The number of nitrogens with zero attached hydrogens (tertiary/aromatic N) is 3. The van der Waals surface area contributed by atoms with E-state index >= 15 is 0 Å². The highest BCUT2D eigenvalue weighted by Gasteiger charge is 2.22. The van der Waals surface area contributed by atoms with Crippen molar-refractivity contribution in [2.24, 2.45) is 0 Å². The number of nitro benzene ring substituents is 1. The van der Waals surface area contributed by atoms with E-state index in [1.54, 1.807) is 17.0 Å². The molecule has 2 rings (SSSR count). The molecule has 1 saturated heterocycles. The molecule has 1 fully saturated rings. The molecule has 0 saturated carbocycles. The van der Waals surface area contributed by atoms with Gasteiger partial charge in [0, 0.05) is 44.9 Å². The summed E-state index contributed by atoms with van der Waals surface area (Å²) in [4.78, 5) is 37.0. The van der Waals surface area contributed by atoms with Crippen molar-refractivity contribution < 1.29 is 14.5 Å². The topological polar surface area (TPSA) is 95.8 Å². The molecule has 1 aliphatic heterocycles. The predicted octanol–water partition coefficient (Wildman–Crippen LogP) is 1.44. The average molecular weight is 341 g/mol. The predicted molar refractivity (Wildman–Crippen MR) is 86.9 cm³/mol. The third-order valence-corrected chi connectivity index (χ3v) is 3.91. The third-order valence-electron chi connectivity index (χ3n) is 3.66. The molecule has 124 valence electrons. The van der Waals surface area contributed by atoms with Crippen molar-refractivity contribution in [2.75, 3.05) is 42.3 Å². The second kappa shape index (κ2) is 7.28. The minimum Gasteiger partial charge on any atom is -0.368 e. The number of amides is 2. The smallest absolute Gasteiger partial charge is 0.292 e. The monoisotopic (exact) mass is 340 g/mol. The normalized spacial score (nSPS) is 14.5. The van der Waals surface area contributed by atoms with Gasteiger partial charge in [0.15, 0.2) is 0 Å². The van der Waals surface area contributed by atoms with Gasteiger partial charge in [-0.15, -0.1) is 11.6 Å². The van der Waals surface area contributed by atoms with Gasteiger partial charge in [0.1, 0.15) is 11.6 Å². The van der Waals surface area contributed by atoms with Gasteiger partial charge in [0.05, 0.1) is 4.92 Å². The number of alkyl halides is 1. The number of rotatable bonds is 4. The summed E-state index contributed by atoms with van der Waals surface area (Å²) in [7, 11) is 0. The molecule has 8 nitrogen and oxygen atoms in total. The number of carbonyl (C=O) groups is 2. The lowest BCUT2D eigenvalue weighted by Crippen LogP contribution is -2.48. The fourth-order valence-electron chi connectivity index (χ4n) is 2.44. The van der Waals surface area contributed by atoms with E-state index in [1.807, 2.05) is 4.90 Å². The van der Waals surface area contributed by atoms with Gasteiger partial charge in [0.25, 0.3) is 5.69 Å². The third kappa shape index (κ3) is 4.10. The van der Waals surface area contributed by atoms with Crippen LogP contribution >= 0.6 is 11.6 Å². The van der Waals surface area contributed by atoms with Crippen LogP contribution in [0.15, 0.2) is 18.2 Å². The summed E-state index contributed by atoms with van der Waals surface area (Å²) in [5.74, 6) is -0.754. The Morgan fingerprint density at radius 3 is 2.48 bits per heavy atom.